The molecule has 20 heavy (non-hydrogen) atoms. The normalized spacial score (nSPS) is 11.3. The summed E-state index contributed by atoms with van der Waals surface area (Å²) in [4.78, 5) is 5.46. The molecule has 0 fully saturated rings. The van der Waals surface area contributed by atoms with E-state index in [9.17, 15) is 0 Å². The number of benzene rings is 1. The van der Waals surface area contributed by atoms with E-state index in [1.165, 1.54) is 5.56 Å². The fraction of sp³-hybridized carbons (Fsp3) is 0.250. The van der Waals surface area contributed by atoms with E-state index >= 15 is 0 Å². The Morgan fingerprint density at radius 1 is 1.10 bits per heavy atom. The summed E-state index contributed by atoms with van der Waals surface area (Å²) in [6.07, 6.45) is 1.63. The lowest BCUT2D eigenvalue weighted by molar-refractivity contribution is 0.590. The minimum Gasteiger partial charge on any atom is -0.384 e. The number of hydrogen-bond donors (Lipinski definition) is 2. The first kappa shape index (κ1) is 14.6. The molecule has 1 aromatic heterocycles. The Balaban J connectivity index is 2.12. The van der Waals surface area contributed by atoms with E-state index in [-0.39, 0.29) is 11.3 Å². The van der Waals surface area contributed by atoms with Crippen LogP contribution in [0.3, 0.4) is 0 Å². The van der Waals surface area contributed by atoms with E-state index in [0.717, 1.165) is 9.92 Å². The number of aromatic nitrogens is 1. The average Bonchev–Trinajstić information content (AvgIpc) is 2.39. The topological polar surface area (TPSA) is 62.8 Å². The number of nitrogens with zero attached hydrogens (tertiary/aromatic N) is 1. The van der Waals surface area contributed by atoms with Crippen LogP contribution in [0, 0.1) is 5.41 Å². The third-order valence-electron chi connectivity index (χ3n) is 2.99. The van der Waals surface area contributed by atoms with Crippen molar-refractivity contribution in [1.82, 2.24) is 4.98 Å². The SMILES string of the molecule is CC(C)(C)c1ccc(Sc2ccc(C(=N)N)cn2)cc1. The number of nitrogen functional groups attached to an aromatic ring is 1. The molecule has 3 N–H and O–H groups in total. The Hall–Kier alpha value is -1.81. The molecule has 0 radical (unpaired) electrons. The lowest BCUT2D eigenvalue weighted by Gasteiger charge is -2.18. The Morgan fingerprint density at radius 2 is 1.75 bits per heavy atom. The zero-order valence-electron chi connectivity index (χ0n) is 12.0. The zero-order valence-corrected chi connectivity index (χ0v) is 12.8. The third kappa shape index (κ3) is 3.61. The molecule has 3 nitrogen and oxygen atoms in total. The van der Waals surface area contributed by atoms with Crippen molar-refractivity contribution in [3.63, 3.8) is 0 Å². The molecule has 1 heterocycles. The Morgan fingerprint density at radius 3 is 2.20 bits per heavy atom. The quantitative estimate of drug-likeness (QED) is 0.665. The van der Waals surface area contributed by atoms with E-state index < -0.39 is 0 Å². The van der Waals surface area contributed by atoms with E-state index in [1.54, 1.807) is 18.0 Å². The monoisotopic (exact) mass is 285 g/mol. The van der Waals surface area contributed by atoms with Crippen LogP contribution in [0.1, 0.15) is 31.9 Å². The molecule has 0 aliphatic rings. The minimum atomic E-state index is 0.0450. The highest BCUT2D eigenvalue weighted by Crippen LogP contribution is 2.29. The fourth-order valence-corrected chi connectivity index (χ4v) is 2.50. The predicted molar refractivity (Wildman–Crippen MR) is 84.5 cm³/mol. The number of nitrogens with one attached hydrogen (secondary N) is 1. The van der Waals surface area contributed by atoms with Crippen LogP contribution >= 0.6 is 11.8 Å². The van der Waals surface area contributed by atoms with Gasteiger partial charge >= 0.3 is 0 Å². The number of amidine groups is 1. The van der Waals surface area contributed by atoms with Crippen LogP contribution in [0.5, 0.6) is 0 Å². The lowest BCUT2D eigenvalue weighted by Crippen LogP contribution is -2.11. The molecular weight excluding hydrogens is 266 g/mol. The molecule has 0 unspecified atom stereocenters. The largest absolute Gasteiger partial charge is 0.384 e. The zero-order chi connectivity index (χ0) is 14.8. The number of nitrogens with two attached hydrogens (primary N) is 1. The first-order chi connectivity index (χ1) is 9.36. The second-order valence-corrected chi connectivity index (χ2v) is 6.77. The van der Waals surface area contributed by atoms with Crippen molar-refractivity contribution >= 4 is 17.6 Å². The van der Waals surface area contributed by atoms with Gasteiger partial charge in [0, 0.05) is 16.7 Å². The van der Waals surface area contributed by atoms with Gasteiger partial charge in [0.25, 0.3) is 0 Å². The van der Waals surface area contributed by atoms with Gasteiger partial charge in [-0.15, -0.1) is 0 Å². The molecule has 104 valence electrons. The van der Waals surface area contributed by atoms with Crippen molar-refractivity contribution in [1.29, 1.82) is 5.41 Å². The van der Waals surface area contributed by atoms with Crippen molar-refractivity contribution in [3.05, 3.63) is 53.7 Å². The van der Waals surface area contributed by atoms with Crippen LogP contribution in [0.2, 0.25) is 0 Å². The van der Waals surface area contributed by atoms with Gasteiger partial charge in [-0.2, -0.15) is 0 Å². The molecule has 1 aromatic carbocycles. The molecule has 4 heteroatoms. The van der Waals surface area contributed by atoms with Crippen LogP contribution < -0.4 is 5.73 Å². The van der Waals surface area contributed by atoms with Crippen LogP contribution in [-0.4, -0.2) is 10.8 Å². The highest BCUT2D eigenvalue weighted by Gasteiger charge is 2.13. The molecule has 0 atom stereocenters. The molecule has 0 spiro atoms. The van der Waals surface area contributed by atoms with Crippen LogP contribution in [-0.2, 0) is 5.41 Å². The van der Waals surface area contributed by atoms with Gasteiger partial charge in [0.1, 0.15) is 10.9 Å². The number of rotatable bonds is 3. The maximum atomic E-state index is 7.34. The van der Waals surface area contributed by atoms with Crippen LogP contribution in [0.15, 0.2) is 52.5 Å². The van der Waals surface area contributed by atoms with Crippen molar-refractivity contribution in [2.75, 3.05) is 0 Å². The van der Waals surface area contributed by atoms with Crippen molar-refractivity contribution in [2.45, 2.75) is 36.1 Å². The van der Waals surface area contributed by atoms with E-state index in [1.807, 2.05) is 12.1 Å². The van der Waals surface area contributed by atoms with E-state index in [4.69, 9.17) is 11.1 Å². The van der Waals surface area contributed by atoms with Crippen molar-refractivity contribution in [2.24, 2.45) is 5.73 Å². The molecular formula is C16H19N3S. The first-order valence-corrected chi connectivity index (χ1v) is 7.27. The van der Waals surface area contributed by atoms with Gasteiger partial charge < -0.3 is 5.73 Å². The summed E-state index contributed by atoms with van der Waals surface area (Å²) in [5.74, 6) is 0.0450. The smallest absolute Gasteiger partial charge is 0.124 e. The van der Waals surface area contributed by atoms with Crippen molar-refractivity contribution < 1.29 is 0 Å². The Bertz CT molecular complexity index is 595. The fourth-order valence-electron chi connectivity index (χ4n) is 1.74. The summed E-state index contributed by atoms with van der Waals surface area (Å²) < 4.78 is 0. The highest BCUT2D eigenvalue weighted by atomic mass is 32.2. The maximum Gasteiger partial charge on any atom is 0.124 e. The summed E-state index contributed by atoms with van der Waals surface area (Å²) in [7, 11) is 0. The maximum absolute atomic E-state index is 7.34. The minimum absolute atomic E-state index is 0.0450. The first-order valence-electron chi connectivity index (χ1n) is 6.45. The third-order valence-corrected chi connectivity index (χ3v) is 3.95. The molecule has 0 bridgehead atoms. The Kier molecular flexibility index (Phi) is 4.14. The summed E-state index contributed by atoms with van der Waals surface area (Å²) in [6.45, 7) is 6.62. The van der Waals surface area contributed by atoms with Gasteiger partial charge in [-0.05, 0) is 35.2 Å². The van der Waals surface area contributed by atoms with E-state index in [0.29, 0.717) is 5.56 Å². The van der Waals surface area contributed by atoms with Gasteiger partial charge in [0.2, 0.25) is 0 Å². The molecule has 0 aliphatic heterocycles. The molecule has 0 saturated carbocycles. The summed E-state index contributed by atoms with van der Waals surface area (Å²) in [5.41, 5.74) is 7.55. The summed E-state index contributed by atoms with van der Waals surface area (Å²) in [5, 5.41) is 8.24. The van der Waals surface area contributed by atoms with Gasteiger partial charge in [0.15, 0.2) is 0 Å². The molecule has 2 aromatic rings. The van der Waals surface area contributed by atoms with Gasteiger partial charge in [-0.3, -0.25) is 5.41 Å². The molecule has 0 aliphatic carbocycles. The van der Waals surface area contributed by atoms with Gasteiger partial charge in [0.05, 0.1) is 0 Å². The van der Waals surface area contributed by atoms with Gasteiger partial charge in [-0.25, -0.2) is 4.98 Å². The molecule has 2 rings (SSSR count). The Labute approximate surface area is 124 Å². The van der Waals surface area contributed by atoms with E-state index in [2.05, 4.69) is 50.0 Å². The lowest BCUT2D eigenvalue weighted by atomic mass is 9.87. The standard InChI is InChI=1S/C16H19N3S/c1-16(2,3)12-5-7-13(8-6-12)20-14-9-4-11(10-19-14)15(17)18/h4-10H,1-3H3,(H3,17,18). The average molecular weight is 285 g/mol. The second-order valence-electron chi connectivity index (χ2n) is 5.68. The van der Waals surface area contributed by atoms with Gasteiger partial charge in [-0.1, -0.05) is 44.7 Å². The summed E-state index contributed by atoms with van der Waals surface area (Å²) in [6, 6.07) is 12.3. The number of hydrogen-bond acceptors (Lipinski definition) is 3. The summed E-state index contributed by atoms with van der Waals surface area (Å²) >= 11 is 1.60. The predicted octanol–water partition coefficient (Wildman–Crippen LogP) is 3.81. The highest BCUT2D eigenvalue weighted by molar-refractivity contribution is 7.99. The van der Waals surface area contributed by atoms with Crippen LogP contribution in [0.4, 0.5) is 0 Å². The molecule has 0 amide bonds. The number of pyridine rings is 1. The molecule has 0 saturated heterocycles. The second kappa shape index (κ2) is 5.67. The van der Waals surface area contributed by atoms with Crippen LogP contribution in [0.25, 0.3) is 0 Å². The van der Waals surface area contributed by atoms with Crippen molar-refractivity contribution in [3.8, 4) is 0 Å².